The van der Waals surface area contributed by atoms with Crippen molar-refractivity contribution in [2.75, 3.05) is 0 Å². The van der Waals surface area contributed by atoms with Crippen molar-refractivity contribution >= 4 is 23.5 Å². The largest absolute Gasteiger partial charge is 0.478 e. The normalized spacial score (nSPS) is 14.4. The molecule has 7 heteroatoms. The van der Waals surface area contributed by atoms with Crippen LogP contribution in [0.5, 0.6) is 0 Å². The number of amides is 1. The van der Waals surface area contributed by atoms with Gasteiger partial charge >= 0.3 is 5.97 Å². The number of benzene rings is 2. The minimum absolute atomic E-state index is 0.111. The van der Waals surface area contributed by atoms with E-state index in [9.17, 15) is 14.7 Å². The number of hydrogen-bond acceptors (Lipinski definition) is 3. The molecule has 1 saturated carbocycles. The Morgan fingerprint density at radius 1 is 1.06 bits per heavy atom. The van der Waals surface area contributed by atoms with Crippen molar-refractivity contribution in [3.05, 3.63) is 70.4 Å². The number of para-hydroxylation sites is 1. The van der Waals surface area contributed by atoms with Gasteiger partial charge in [-0.05, 0) is 44.0 Å². The first kappa shape index (κ1) is 21.1. The molecule has 1 heterocycles. The van der Waals surface area contributed by atoms with Crippen LogP contribution >= 0.6 is 11.6 Å². The monoisotopic (exact) mass is 437 g/mol. The van der Waals surface area contributed by atoms with Crippen LogP contribution in [0.3, 0.4) is 0 Å². The Kier molecular flexibility index (Phi) is 6.09. The third kappa shape index (κ3) is 4.35. The molecule has 31 heavy (non-hydrogen) atoms. The van der Waals surface area contributed by atoms with Crippen LogP contribution in [0.1, 0.15) is 58.5 Å². The van der Waals surface area contributed by atoms with Gasteiger partial charge in [-0.15, -0.1) is 0 Å². The van der Waals surface area contributed by atoms with E-state index in [0.29, 0.717) is 27.7 Å². The third-order valence-corrected chi connectivity index (χ3v) is 6.01. The summed E-state index contributed by atoms with van der Waals surface area (Å²) in [5, 5.41) is 18.0. The highest BCUT2D eigenvalue weighted by atomic mass is 35.5. The zero-order valence-electron chi connectivity index (χ0n) is 17.3. The zero-order valence-corrected chi connectivity index (χ0v) is 18.0. The highest BCUT2D eigenvalue weighted by Gasteiger charge is 2.26. The quantitative estimate of drug-likeness (QED) is 0.570. The molecule has 3 aromatic rings. The van der Waals surface area contributed by atoms with Crippen molar-refractivity contribution in [3.63, 3.8) is 0 Å². The lowest BCUT2D eigenvalue weighted by atomic mass is 9.95. The molecular formula is C24H24ClN3O3. The summed E-state index contributed by atoms with van der Waals surface area (Å²) >= 11 is 6.06. The predicted octanol–water partition coefficient (Wildman–Crippen LogP) is 5.26. The van der Waals surface area contributed by atoms with E-state index >= 15 is 0 Å². The van der Waals surface area contributed by atoms with E-state index in [2.05, 4.69) is 10.4 Å². The van der Waals surface area contributed by atoms with Crippen LogP contribution in [0.15, 0.2) is 48.5 Å². The number of carbonyl (C=O) groups is 2. The van der Waals surface area contributed by atoms with E-state index in [-0.39, 0.29) is 17.5 Å². The molecule has 0 atom stereocenters. The number of carbonyl (C=O) groups excluding carboxylic acids is 1. The van der Waals surface area contributed by atoms with Crippen molar-refractivity contribution in [2.45, 2.75) is 45.1 Å². The first-order valence-corrected chi connectivity index (χ1v) is 10.8. The molecule has 0 bridgehead atoms. The van der Waals surface area contributed by atoms with Crippen molar-refractivity contribution in [1.29, 1.82) is 0 Å². The Morgan fingerprint density at radius 2 is 1.74 bits per heavy atom. The van der Waals surface area contributed by atoms with Crippen LogP contribution in [0.25, 0.3) is 16.9 Å². The minimum Gasteiger partial charge on any atom is -0.478 e. The van der Waals surface area contributed by atoms with Crippen molar-refractivity contribution in [1.82, 2.24) is 15.1 Å². The number of hydrogen-bond donors (Lipinski definition) is 2. The predicted molar refractivity (Wildman–Crippen MR) is 120 cm³/mol. The van der Waals surface area contributed by atoms with Gasteiger partial charge in [0.2, 0.25) is 0 Å². The van der Waals surface area contributed by atoms with Crippen LogP contribution < -0.4 is 5.32 Å². The molecule has 2 aromatic carbocycles. The molecular weight excluding hydrogens is 414 g/mol. The lowest BCUT2D eigenvalue weighted by molar-refractivity contribution is 0.0696. The summed E-state index contributed by atoms with van der Waals surface area (Å²) in [4.78, 5) is 24.9. The van der Waals surface area contributed by atoms with Gasteiger partial charge in [-0.3, -0.25) is 4.79 Å². The Hall–Kier alpha value is -3.12. The molecule has 0 unspecified atom stereocenters. The van der Waals surface area contributed by atoms with Crippen molar-refractivity contribution in [3.8, 4) is 16.9 Å². The van der Waals surface area contributed by atoms with Gasteiger partial charge in [0.1, 0.15) is 0 Å². The van der Waals surface area contributed by atoms with Gasteiger partial charge in [0.05, 0.1) is 16.9 Å². The van der Waals surface area contributed by atoms with E-state index in [4.69, 9.17) is 11.6 Å². The first-order chi connectivity index (χ1) is 15.0. The highest BCUT2D eigenvalue weighted by Crippen LogP contribution is 2.31. The van der Waals surface area contributed by atoms with E-state index in [1.54, 1.807) is 35.0 Å². The average molecular weight is 438 g/mol. The highest BCUT2D eigenvalue weighted by molar-refractivity contribution is 6.30. The molecule has 1 amide bonds. The molecule has 2 N–H and O–H groups in total. The number of halogens is 1. The molecule has 1 fully saturated rings. The van der Waals surface area contributed by atoms with Crippen LogP contribution in [0.4, 0.5) is 0 Å². The molecule has 1 aliphatic rings. The van der Waals surface area contributed by atoms with E-state index in [1.807, 2.05) is 19.1 Å². The maximum absolute atomic E-state index is 13.1. The number of aromatic carboxylic acids is 1. The molecule has 6 nitrogen and oxygen atoms in total. The van der Waals surface area contributed by atoms with E-state index in [1.165, 1.54) is 12.5 Å². The van der Waals surface area contributed by atoms with Gasteiger partial charge in [-0.2, -0.15) is 5.10 Å². The summed E-state index contributed by atoms with van der Waals surface area (Å²) in [6.07, 6.45) is 5.36. The number of carboxylic acid groups (broad SMARTS) is 1. The summed E-state index contributed by atoms with van der Waals surface area (Å²) < 4.78 is 1.55. The second kappa shape index (κ2) is 8.94. The van der Waals surface area contributed by atoms with Crippen LogP contribution in [-0.2, 0) is 0 Å². The van der Waals surface area contributed by atoms with Crippen LogP contribution in [0, 0.1) is 6.92 Å². The van der Waals surface area contributed by atoms with Gasteiger partial charge < -0.3 is 10.4 Å². The first-order valence-electron chi connectivity index (χ1n) is 10.4. The Labute approximate surface area is 185 Å². The summed E-state index contributed by atoms with van der Waals surface area (Å²) in [5.41, 5.74) is 2.97. The van der Waals surface area contributed by atoms with Gasteiger partial charge in [0.15, 0.2) is 5.69 Å². The molecule has 160 valence electrons. The fraction of sp³-hybridized carbons (Fsp3) is 0.292. The van der Waals surface area contributed by atoms with E-state index in [0.717, 1.165) is 31.2 Å². The summed E-state index contributed by atoms with van der Waals surface area (Å²) in [5.74, 6) is -1.29. The van der Waals surface area contributed by atoms with E-state index < -0.39 is 5.97 Å². The standard InChI is InChI=1S/C24H24ClN3O3/c1-15-21(23(29)26-18-7-3-2-4-8-18)27-28(20-10-6-5-9-19(20)24(30)31)22(15)16-11-13-17(25)14-12-16/h5-6,9-14,18H,2-4,7-8H2,1H3,(H,26,29)(H,30,31). The number of nitrogens with zero attached hydrogens (tertiary/aromatic N) is 2. The van der Waals surface area contributed by atoms with Gasteiger partial charge in [0, 0.05) is 22.2 Å². The second-order valence-electron chi connectivity index (χ2n) is 7.87. The number of rotatable bonds is 5. The maximum Gasteiger partial charge on any atom is 0.337 e. The summed E-state index contributed by atoms with van der Waals surface area (Å²) in [6, 6.07) is 14.0. The summed E-state index contributed by atoms with van der Waals surface area (Å²) in [6.45, 7) is 1.84. The third-order valence-electron chi connectivity index (χ3n) is 5.76. The summed E-state index contributed by atoms with van der Waals surface area (Å²) in [7, 11) is 0. The SMILES string of the molecule is Cc1c(C(=O)NC2CCCCC2)nn(-c2ccccc2C(=O)O)c1-c1ccc(Cl)cc1. The molecule has 0 spiro atoms. The fourth-order valence-electron chi connectivity index (χ4n) is 4.17. The van der Waals surface area contributed by atoms with Gasteiger partial charge in [0.25, 0.3) is 5.91 Å². The Bertz CT molecular complexity index is 1120. The Morgan fingerprint density at radius 3 is 2.42 bits per heavy atom. The van der Waals surface area contributed by atoms with Gasteiger partial charge in [-0.25, -0.2) is 9.48 Å². The number of carboxylic acids is 1. The zero-order chi connectivity index (χ0) is 22.0. The number of aromatic nitrogens is 2. The molecule has 1 aromatic heterocycles. The average Bonchev–Trinajstić information content (AvgIpc) is 3.12. The maximum atomic E-state index is 13.1. The lowest BCUT2D eigenvalue weighted by Crippen LogP contribution is -2.36. The minimum atomic E-state index is -1.06. The van der Waals surface area contributed by atoms with Gasteiger partial charge in [-0.1, -0.05) is 55.1 Å². The van der Waals surface area contributed by atoms with Crippen LogP contribution in [0.2, 0.25) is 5.02 Å². The topological polar surface area (TPSA) is 84.2 Å². The molecule has 4 rings (SSSR count). The van der Waals surface area contributed by atoms with Crippen molar-refractivity contribution < 1.29 is 14.7 Å². The molecule has 1 aliphatic carbocycles. The van der Waals surface area contributed by atoms with Crippen molar-refractivity contribution in [2.24, 2.45) is 0 Å². The second-order valence-corrected chi connectivity index (χ2v) is 8.31. The lowest BCUT2D eigenvalue weighted by Gasteiger charge is -2.22. The molecule has 0 saturated heterocycles. The Balaban J connectivity index is 1.83. The molecule has 0 radical (unpaired) electrons. The number of nitrogens with one attached hydrogen (secondary N) is 1. The fourth-order valence-corrected chi connectivity index (χ4v) is 4.30. The smallest absolute Gasteiger partial charge is 0.337 e. The molecule has 0 aliphatic heterocycles. The van der Waals surface area contributed by atoms with Crippen LogP contribution in [-0.4, -0.2) is 32.8 Å².